The van der Waals surface area contributed by atoms with Gasteiger partial charge in [-0.15, -0.1) is 9.24 Å². The number of hydrogen-bond donors (Lipinski definition) is 0. The van der Waals surface area contributed by atoms with Crippen LogP contribution in [0.1, 0.15) is 42.5 Å². The zero-order valence-corrected chi connectivity index (χ0v) is 12.7. The molecular weight excluding hydrogens is 259 g/mol. The van der Waals surface area contributed by atoms with E-state index in [1.165, 1.54) is 6.42 Å². The third-order valence-electron chi connectivity index (χ3n) is 3.85. The van der Waals surface area contributed by atoms with E-state index >= 15 is 0 Å². The average molecular weight is 280 g/mol. The molecule has 0 heterocycles. The van der Waals surface area contributed by atoms with Crippen molar-refractivity contribution in [3.8, 4) is 11.5 Å². The van der Waals surface area contributed by atoms with Gasteiger partial charge in [-0.1, -0.05) is 19.3 Å². The number of ether oxygens (including phenoxy) is 2. The van der Waals surface area contributed by atoms with Crippen LogP contribution in [0.2, 0.25) is 0 Å². The maximum absolute atomic E-state index is 12.8. The summed E-state index contributed by atoms with van der Waals surface area (Å²) in [6.07, 6.45) is 5.34. The molecular formula is C15H21O3P. The second kappa shape index (κ2) is 5.92. The Labute approximate surface area is 116 Å². The summed E-state index contributed by atoms with van der Waals surface area (Å²) >= 11 is 0. The molecule has 0 bridgehead atoms. The number of rotatable bonds is 4. The largest absolute Gasteiger partial charge is 0.497 e. The van der Waals surface area contributed by atoms with Gasteiger partial charge in [-0.05, 0) is 25.0 Å². The van der Waals surface area contributed by atoms with Gasteiger partial charge < -0.3 is 9.47 Å². The molecule has 1 unspecified atom stereocenters. The number of hydrogen-bond acceptors (Lipinski definition) is 3. The van der Waals surface area contributed by atoms with Crippen molar-refractivity contribution in [3.05, 3.63) is 23.8 Å². The van der Waals surface area contributed by atoms with Gasteiger partial charge in [-0.2, -0.15) is 0 Å². The highest BCUT2D eigenvalue weighted by Crippen LogP contribution is 2.40. The summed E-state index contributed by atoms with van der Waals surface area (Å²) in [7, 11) is 5.97. The minimum Gasteiger partial charge on any atom is -0.497 e. The van der Waals surface area contributed by atoms with Crippen molar-refractivity contribution in [3.63, 3.8) is 0 Å². The maximum Gasteiger partial charge on any atom is 0.176 e. The van der Waals surface area contributed by atoms with Crippen molar-refractivity contribution >= 4 is 15.0 Å². The quantitative estimate of drug-likeness (QED) is 0.626. The second-order valence-corrected chi connectivity index (χ2v) is 6.22. The lowest BCUT2D eigenvalue weighted by atomic mass is 9.82. The summed E-state index contributed by atoms with van der Waals surface area (Å²) in [4.78, 5) is 12.8. The molecule has 1 aromatic rings. The van der Waals surface area contributed by atoms with Gasteiger partial charge in [0.05, 0.1) is 19.8 Å². The lowest BCUT2D eigenvalue weighted by molar-refractivity contribution is 0.0915. The minimum absolute atomic E-state index is 0.164. The minimum atomic E-state index is -0.319. The fourth-order valence-electron chi connectivity index (χ4n) is 2.66. The van der Waals surface area contributed by atoms with Gasteiger partial charge in [0.1, 0.15) is 11.5 Å². The van der Waals surface area contributed by atoms with Crippen LogP contribution in [0.15, 0.2) is 18.2 Å². The topological polar surface area (TPSA) is 35.5 Å². The Balaban J connectivity index is 2.32. The van der Waals surface area contributed by atoms with Gasteiger partial charge in [0.25, 0.3) is 0 Å². The summed E-state index contributed by atoms with van der Waals surface area (Å²) in [6.45, 7) is 0. The molecule has 0 saturated heterocycles. The van der Waals surface area contributed by atoms with E-state index in [-0.39, 0.29) is 10.9 Å². The molecule has 104 valence electrons. The Morgan fingerprint density at radius 3 is 2.42 bits per heavy atom. The molecule has 0 spiro atoms. The Morgan fingerprint density at radius 2 is 1.84 bits per heavy atom. The molecule has 3 nitrogen and oxygen atoms in total. The number of carbonyl (C=O) groups is 1. The first-order chi connectivity index (χ1) is 9.10. The molecule has 2 rings (SSSR count). The molecule has 1 aliphatic carbocycles. The Kier molecular flexibility index (Phi) is 4.46. The van der Waals surface area contributed by atoms with Crippen molar-refractivity contribution in [1.29, 1.82) is 0 Å². The molecule has 0 radical (unpaired) electrons. The van der Waals surface area contributed by atoms with Crippen molar-refractivity contribution in [2.24, 2.45) is 0 Å². The third kappa shape index (κ3) is 2.92. The fourth-order valence-corrected chi connectivity index (χ4v) is 3.23. The zero-order valence-electron chi connectivity index (χ0n) is 11.6. The monoisotopic (exact) mass is 280 g/mol. The predicted octanol–water partition coefficient (Wildman–Crippen LogP) is 3.46. The molecule has 1 atom stereocenters. The van der Waals surface area contributed by atoms with Crippen LogP contribution in [0.25, 0.3) is 0 Å². The van der Waals surface area contributed by atoms with Gasteiger partial charge in [-0.25, -0.2) is 0 Å². The van der Waals surface area contributed by atoms with Crippen LogP contribution in [-0.4, -0.2) is 25.2 Å². The van der Waals surface area contributed by atoms with Gasteiger partial charge in [0, 0.05) is 11.2 Å². The fraction of sp³-hybridized carbons (Fsp3) is 0.533. The standard InChI is InChI=1S/C15H21O3P/c1-17-11-6-7-12(13(10-11)18-2)14(16)15(19)8-4-3-5-9-15/h6-7,10H,3-5,8-9,19H2,1-2H3. The zero-order chi connectivity index (χ0) is 13.9. The summed E-state index contributed by atoms with van der Waals surface area (Å²) in [6, 6.07) is 5.39. The molecule has 0 aromatic heterocycles. The predicted molar refractivity (Wildman–Crippen MR) is 79.4 cm³/mol. The first-order valence-electron chi connectivity index (χ1n) is 6.66. The van der Waals surface area contributed by atoms with Crippen LogP contribution in [0.4, 0.5) is 0 Å². The third-order valence-corrected chi connectivity index (χ3v) is 4.69. The molecule has 1 fully saturated rings. The highest BCUT2D eigenvalue weighted by Gasteiger charge is 2.36. The lowest BCUT2D eigenvalue weighted by Gasteiger charge is -2.32. The highest BCUT2D eigenvalue weighted by atomic mass is 31.0. The molecule has 0 amide bonds. The molecule has 1 saturated carbocycles. The number of carbonyl (C=O) groups excluding carboxylic acids is 1. The summed E-state index contributed by atoms with van der Waals surface area (Å²) < 4.78 is 10.5. The first-order valence-corrected chi connectivity index (χ1v) is 7.24. The Morgan fingerprint density at radius 1 is 1.16 bits per heavy atom. The number of ketones is 1. The van der Waals surface area contributed by atoms with Crippen LogP contribution in [0.3, 0.4) is 0 Å². The van der Waals surface area contributed by atoms with Crippen molar-refractivity contribution in [2.75, 3.05) is 14.2 Å². The van der Waals surface area contributed by atoms with Gasteiger partial charge in [0.15, 0.2) is 5.78 Å². The van der Waals surface area contributed by atoms with E-state index in [0.717, 1.165) is 25.7 Å². The van der Waals surface area contributed by atoms with E-state index in [0.29, 0.717) is 17.1 Å². The van der Waals surface area contributed by atoms with Crippen LogP contribution >= 0.6 is 9.24 Å². The summed E-state index contributed by atoms with van der Waals surface area (Å²) in [5.74, 6) is 1.46. The van der Waals surface area contributed by atoms with Gasteiger partial charge >= 0.3 is 0 Å². The molecule has 0 N–H and O–H groups in total. The first kappa shape index (κ1) is 14.3. The van der Waals surface area contributed by atoms with E-state index in [1.807, 2.05) is 6.07 Å². The van der Waals surface area contributed by atoms with Crippen molar-refractivity contribution < 1.29 is 14.3 Å². The molecule has 1 aromatic carbocycles. The van der Waals surface area contributed by atoms with Crippen LogP contribution in [0, 0.1) is 0 Å². The van der Waals surface area contributed by atoms with Crippen LogP contribution in [0.5, 0.6) is 11.5 Å². The van der Waals surface area contributed by atoms with Gasteiger partial charge in [0.2, 0.25) is 0 Å². The SMILES string of the molecule is COc1ccc(C(=O)C2(P)CCCCC2)c(OC)c1. The van der Waals surface area contributed by atoms with Crippen LogP contribution < -0.4 is 9.47 Å². The van der Waals surface area contributed by atoms with Crippen LogP contribution in [-0.2, 0) is 0 Å². The molecule has 4 heteroatoms. The molecule has 0 aliphatic heterocycles. The molecule has 19 heavy (non-hydrogen) atoms. The van der Waals surface area contributed by atoms with E-state index < -0.39 is 0 Å². The van der Waals surface area contributed by atoms with E-state index in [4.69, 9.17) is 9.47 Å². The number of methoxy groups -OCH3 is 2. The van der Waals surface area contributed by atoms with E-state index in [2.05, 4.69) is 9.24 Å². The maximum atomic E-state index is 12.8. The van der Waals surface area contributed by atoms with E-state index in [9.17, 15) is 4.79 Å². The smallest absolute Gasteiger partial charge is 0.176 e. The Bertz CT molecular complexity index is 464. The summed E-state index contributed by atoms with van der Waals surface area (Å²) in [5, 5.41) is -0.319. The lowest BCUT2D eigenvalue weighted by Crippen LogP contribution is -2.34. The second-order valence-electron chi connectivity index (χ2n) is 5.11. The molecule has 1 aliphatic rings. The van der Waals surface area contributed by atoms with Crippen molar-refractivity contribution in [1.82, 2.24) is 0 Å². The average Bonchev–Trinajstić information content (AvgIpc) is 2.46. The summed E-state index contributed by atoms with van der Waals surface area (Å²) in [5.41, 5.74) is 0.653. The van der Waals surface area contributed by atoms with Crippen molar-refractivity contribution in [2.45, 2.75) is 37.3 Å². The van der Waals surface area contributed by atoms with Gasteiger partial charge in [-0.3, -0.25) is 4.79 Å². The number of Topliss-reactive ketones (excluding diaryl/α,β-unsaturated/α-hetero) is 1. The normalized spacial score (nSPS) is 17.8. The highest BCUT2D eigenvalue weighted by molar-refractivity contribution is 7.21. The van der Waals surface area contributed by atoms with E-state index in [1.54, 1.807) is 26.4 Å². The number of benzene rings is 1. The Hall–Kier alpha value is -1.08.